The Morgan fingerprint density at radius 2 is 1.72 bits per heavy atom. The lowest BCUT2D eigenvalue weighted by atomic mass is 10.1. The highest BCUT2D eigenvalue weighted by Crippen LogP contribution is 2.18. The molecule has 0 atom stereocenters. The van der Waals surface area contributed by atoms with Gasteiger partial charge in [-0.25, -0.2) is 0 Å². The zero-order valence-corrected chi connectivity index (χ0v) is 11.5. The summed E-state index contributed by atoms with van der Waals surface area (Å²) in [4.78, 5) is 12.1. The molecule has 92 valence electrons. The third kappa shape index (κ3) is 2.90. The molecule has 2 aromatic carbocycles. The molecule has 2 rings (SSSR count). The number of para-hydroxylation sites is 1. The maximum atomic E-state index is 12.1. The lowest BCUT2D eigenvalue weighted by Crippen LogP contribution is -2.13. The summed E-state index contributed by atoms with van der Waals surface area (Å²) >= 11 is 3.36. The van der Waals surface area contributed by atoms with Crippen LogP contribution in [0.15, 0.2) is 53.0 Å². The second-order valence-corrected chi connectivity index (χ2v) is 4.67. The Bertz CT molecular complexity index is 552. The monoisotopic (exact) mass is 304 g/mol. The molecule has 0 bridgehead atoms. The number of amides is 1. The molecule has 4 heteroatoms. The van der Waals surface area contributed by atoms with Crippen LogP contribution < -0.4 is 10.6 Å². The van der Waals surface area contributed by atoms with Crippen LogP contribution in [0.5, 0.6) is 0 Å². The first kappa shape index (κ1) is 12.6. The van der Waals surface area contributed by atoms with Crippen LogP contribution in [0.25, 0.3) is 0 Å². The van der Waals surface area contributed by atoms with Crippen LogP contribution in [0, 0.1) is 0 Å². The minimum atomic E-state index is -0.123. The fourth-order valence-electron chi connectivity index (χ4n) is 1.63. The maximum Gasteiger partial charge on any atom is 0.257 e. The van der Waals surface area contributed by atoms with E-state index in [9.17, 15) is 4.79 Å². The number of hydrogen-bond acceptors (Lipinski definition) is 2. The quantitative estimate of drug-likeness (QED) is 0.907. The average Bonchev–Trinajstić information content (AvgIpc) is 2.41. The van der Waals surface area contributed by atoms with Crippen molar-refractivity contribution in [2.45, 2.75) is 0 Å². The summed E-state index contributed by atoms with van der Waals surface area (Å²) in [6.07, 6.45) is 0. The Morgan fingerprint density at radius 1 is 1.06 bits per heavy atom. The standard InChI is InChI=1S/C14H13BrN2O/c1-16-13-5-3-2-4-12(13)14(18)17-11-8-6-10(15)7-9-11/h2-9,16H,1H3,(H,17,18). The Kier molecular flexibility index (Phi) is 3.99. The van der Waals surface area contributed by atoms with E-state index in [1.165, 1.54) is 0 Å². The predicted molar refractivity (Wildman–Crippen MR) is 78.1 cm³/mol. The third-order valence-electron chi connectivity index (χ3n) is 2.54. The number of rotatable bonds is 3. The van der Waals surface area contributed by atoms with E-state index in [4.69, 9.17) is 0 Å². The van der Waals surface area contributed by atoms with Crippen molar-refractivity contribution in [1.29, 1.82) is 0 Å². The van der Waals surface area contributed by atoms with Gasteiger partial charge in [0.15, 0.2) is 0 Å². The van der Waals surface area contributed by atoms with Gasteiger partial charge in [-0.05, 0) is 36.4 Å². The number of anilines is 2. The number of carbonyl (C=O) groups is 1. The van der Waals surface area contributed by atoms with Crippen LogP contribution in [-0.2, 0) is 0 Å². The molecule has 0 aliphatic carbocycles. The third-order valence-corrected chi connectivity index (χ3v) is 3.07. The van der Waals surface area contributed by atoms with E-state index in [2.05, 4.69) is 26.6 Å². The molecule has 0 spiro atoms. The molecule has 0 aliphatic rings. The second kappa shape index (κ2) is 5.69. The van der Waals surface area contributed by atoms with Crippen molar-refractivity contribution >= 4 is 33.2 Å². The van der Waals surface area contributed by atoms with Crippen molar-refractivity contribution in [3.8, 4) is 0 Å². The maximum absolute atomic E-state index is 12.1. The molecule has 0 saturated heterocycles. The van der Waals surface area contributed by atoms with Gasteiger partial charge in [0.05, 0.1) is 5.56 Å². The summed E-state index contributed by atoms with van der Waals surface area (Å²) in [6.45, 7) is 0. The van der Waals surface area contributed by atoms with Gasteiger partial charge in [-0.2, -0.15) is 0 Å². The zero-order chi connectivity index (χ0) is 13.0. The number of nitrogens with one attached hydrogen (secondary N) is 2. The minimum absolute atomic E-state index is 0.123. The van der Waals surface area contributed by atoms with Gasteiger partial charge >= 0.3 is 0 Å². The lowest BCUT2D eigenvalue weighted by Gasteiger charge is -2.09. The molecular formula is C14H13BrN2O. The van der Waals surface area contributed by atoms with Crippen LogP contribution in [0.2, 0.25) is 0 Å². The second-order valence-electron chi connectivity index (χ2n) is 3.76. The fourth-order valence-corrected chi connectivity index (χ4v) is 1.90. The van der Waals surface area contributed by atoms with Gasteiger partial charge in [0, 0.05) is 22.9 Å². The molecule has 0 aromatic heterocycles. The number of carbonyl (C=O) groups excluding carboxylic acids is 1. The summed E-state index contributed by atoms with van der Waals surface area (Å²) in [5.74, 6) is -0.123. The highest BCUT2D eigenvalue weighted by atomic mass is 79.9. The average molecular weight is 305 g/mol. The van der Waals surface area contributed by atoms with Crippen LogP contribution in [0.4, 0.5) is 11.4 Å². The van der Waals surface area contributed by atoms with Gasteiger partial charge in [-0.3, -0.25) is 4.79 Å². The molecule has 2 N–H and O–H groups in total. The molecule has 0 heterocycles. The van der Waals surface area contributed by atoms with Gasteiger partial charge in [0.25, 0.3) is 5.91 Å². The minimum Gasteiger partial charge on any atom is -0.387 e. The molecule has 3 nitrogen and oxygen atoms in total. The fraction of sp³-hybridized carbons (Fsp3) is 0.0714. The van der Waals surface area contributed by atoms with Crippen LogP contribution >= 0.6 is 15.9 Å². The van der Waals surface area contributed by atoms with E-state index >= 15 is 0 Å². The van der Waals surface area contributed by atoms with Crippen molar-refractivity contribution < 1.29 is 4.79 Å². The van der Waals surface area contributed by atoms with Gasteiger partial charge in [-0.15, -0.1) is 0 Å². The Balaban J connectivity index is 2.19. The molecule has 0 aliphatic heterocycles. The van der Waals surface area contributed by atoms with E-state index in [0.29, 0.717) is 5.56 Å². The largest absolute Gasteiger partial charge is 0.387 e. The van der Waals surface area contributed by atoms with E-state index in [1.807, 2.05) is 42.5 Å². The van der Waals surface area contributed by atoms with Gasteiger partial charge in [0.1, 0.15) is 0 Å². The van der Waals surface area contributed by atoms with Crippen LogP contribution in [0.3, 0.4) is 0 Å². The predicted octanol–water partition coefficient (Wildman–Crippen LogP) is 3.74. The van der Waals surface area contributed by atoms with Crippen LogP contribution in [-0.4, -0.2) is 13.0 Å². The lowest BCUT2D eigenvalue weighted by molar-refractivity contribution is 0.102. The molecule has 0 saturated carbocycles. The summed E-state index contributed by atoms with van der Waals surface area (Å²) in [5, 5.41) is 5.86. The van der Waals surface area contributed by atoms with Crippen molar-refractivity contribution in [1.82, 2.24) is 0 Å². The highest BCUT2D eigenvalue weighted by Gasteiger charge is 2.09. The summed E-state index contributed by atoms with van der Waals surface area (Å²) < 4.78 is 0.983. The van der Waals surface area contributed by atoms with E-state index in [1.54, 1.807) is 13.1 Å². The van der Waals surface area contributed by atoms with E-state index < -0.39 is 0 Å². The topological polar surface area (TPSA) is 41.1 Å². The number of halogens is 1. The smallest absolute Gasteiger partial charge is 0.257 e. The molecule has 2 aromatic rings. The van der Waals surface area contributed by atoms with Gasteiger partial charge in [-0.1, -0.05) is 28.1 Å². The molecule has 0 radical (unpaired) electrons. The molecule has 0 fully saturated rings. The summed E-state index contributed by atoms with van der Waals surface area (Å²) in [6, 6.07) is 14.9. The summed E-state index contributed by atoms with van der Waals surface area (Å²) in [5.41, 5.74) is 2.21. The first-order chi connectivity index (χ1) is 8.70. The van der Waals surface area contributed by atoms with E-state index in [0.717, 1.165) is 15.8 Å². The van der Waals surface area contributed by atoms with E-state index in [-0.39, 0.29) is 5.91 Å². The first-order valence-corrected chi connectivity index (χ1v) is 6.33. The molecule has 0 unspecified atom stereocenters. The van der Waals surface area contributed by atoms with Crippen molar-refractivity contribution in [2.75, 3.05) is 17.7 Å². The number of hydrogen-bond donors (Lipinski definition) is 2. The normalized spacial score (nSPS) is 9.89. The Hall–Kier alpha value is -1.81. The SMILES string of the molecule is CNc1ccccc1C(=O)Nc1ccc(Br)cc1. The number of benzene rings is 2. The Morgan fingerprint density at radius 3 is 2.39 bits per heavy atom. The van der Waals surface area contributed by atoms with Crippen molar-refractivity contribution in [2.24, 2.45) is 0 Å². The zero-order valence-electron chi connectivity index (χ0n) is 9.91. The molecule has 1 amide bonds. The molecular weight excluding hydrogens is 292 g/mol. The van der Waals surface area contributed by atoms with Gasteiger partial charge < -0.3 is 10.6 Å². The van der Waals surface area contributed by atoms with Crippen LogP contribution in [0.1, 0.15) is 10.4 Å². The van der Waals surface area contributed by atoms with Crippen molar-refractivity contribution in [3.63, 3.8) is 0 Å². The Labute approximate surface area is 114 Å². The summed E-state index contributed by atoms with van der Waals surface area (Å²) in [7, 11) is 1.80. The molecule has 18 heavy (non-hydrogen) atoms. The first-order valence-electron chi connectivity index (χ1n) is 5.54. The van der Waals surface area contributed by atoms with Crippen molar-refractivity contribution in [3.05, 3.63) is 58.6 Å². The van der Waals surface area contributed by atoms with Gasteiger partial charge in [0.2, 0.25) is 0 Å². The highest BCUT2D eigenvalue weighted by molar-refractivity contribution is 9.10.